The van der Waals surface area contributed by atoms with Crippen LogP contribution in [0, 0.1) is 0 Å². The van der Waals surface area contributed by atoms with E-state index in [2.05, 4.69) is 211 Å². The van der Waals surface area contributed by atoms with Gasteiger partial charge in [0.15, 0.2) is 0 Å². The van der Waals surface area contributed by atoms with E-state index in [1.165, 1.54) is 92.3 Å². The third-order valence-electron chi connectivity index (χ3n) is 12.7. The quantitative estimate of drug-likeness (QED) is 0.130. The molecule has 0 saturated heterocycles. The van der Waals surface area contributed by atoms with Crippen molar-refractivity contribution >= 4 is 86.4 Å². The van der Waals surface area contributed by atoms with Crippen molar-refractivity contribution in [3.8, 4) is 39.3 Å². The molecular formula is C57H34N2. The predicted molar refractivity (Wildman–Crippen MR) is 251 cm³/mol. The van der Waals surface area contributed by atoms with Gasteiger partial charge in [-0.2, -0.15) is 0 Å². The first-order valence-electron chi connectivity index (χ1n) is 20.4. The van der Waals surface area contributed by atoms with Gasteiger partial charge in [0.1, 0.15) is 5.82 Å². The Hall–Kier alpha value is -7.81. The number of hydrogen-bond donors (Lipinski definition) is 0. The van der Waals surface area contributed by atoms with Crippen molar-refractivity contribution in [1.29, 1.82) is 0 Å². The molecule has 13 rings (SSSR count). The van der Waals surface area contributed by atoms with Gasteiger partial charge in [-0.15, -0.1) is 0 Å². The summed E-state index contributed by atoms with van der Waals surface area (Å²) in [5, 5.41) is 17.6. The SMILES string of the molecule is c1ccc2c(-c3ccc(-n4c(-c5ccc(-c6ccc7ccc8cccc9ccc6c7c89)cc5)nc5c6ccccc6c6ccccc6c54)cc3)c3ccccc3cc2c1. The molecule has 0 fully saturated rings. The summed E-state index contributed by atoms with van der Waals surface area (Å²) in [6, 6.07) is 75.7. The zero-order valence-corrected chi connectivity index (χ0v) is 32.0. The molecule has 59 heavy (non-hydrogen) atoms. The van der Waals surface area contributed by atoms with Gasteiger partial charge >= 0.3 is 0 Å². The minimum absolute atomic E-state index is 0.923. The number of benzene rings is 12. The minimum atomic E-state index is 0.923. The molecule has 0 radical (unpaired) electrons. The number of rotatable bonds is 4. The second-order valence-corrected chi connectivity index (χ2v) is 15.8. The summed E-state index contributed by atoms with van der Waals surface area (Å²) in [5.74, 6) is 0.923. The first-order chi connectivity index (χ1) is 29.3. The van der Waals surface area contributed by atoms with Gasteiger partial charge in [-0.25, -0.2) is 4.98 Å². The highest BCUT2D eigenvalue weighted by Crippen LogP contribution is 2.43. The predicted octanol–water partition coefficient (Wildman–Crippen LogP) is 15.5. The average molecular weight is 747 g/mol. The lowest BCUT2D eigenvalue weighted by molar-refractivity contribution is 1.11. The van der Waals surface area contributed by atoms with Gasteiger partial charge in [0.25, 0.3) is 0 Å². The van der Waals surface area contributed by atoms with Gasteiger partial charge in [-0.1, -0.05) is 188 Å². The van der Waals surface area contributed by atoms with Crippen LogP contribution in [0.2, 0.25) is 0 Å². The van der Waals surface area contributed by atoms with E-state index in [0.717, 1.165) is 33.5 Å². The van der Waals surface area contributed by atoms with Crippen LogP contribution >= 0.6 is 0 Å². The number of hydrogen-bond acceptors (Lipinski definition) is 1. The van der Waals surface area contributed by atoms with Crippen molar-refractivity contribution in [1.82, 2.24) is 9.55 Å². The van der Waals surface area contributed by atoms with Crippen molar-refractivity contribution in [3.05, 3.63) is 206 Å². The Bertz CT molecular complexity index is 3750. The van der Waals surface area contributed by atoms with Crippen molar-refractivity contribution in [3.63, 3.8) is 0 Å². The molecule has 0 saturated carbocycles. The highest BCUT2D eigenvalue weighted by Gasteiger charge is 2.21. The van der Waals surface area contributed by atoms with E-state index in [1.54, 1.807) is 0 Å². The second-order valence-electron chi connectivity index (χ2n) is 15.8. The van der Waals surface area contributed by atoms with Crippen molar-refractivity contribution in [2.75, 3.05) is 0 Å². The molecule has 1 aromatic heterocycles. The number of nitrogens with zero attached hydrogens (tertiary/aromatic N) is 2. The second kappa shape index (κ2) is 12.3. The smallest absolute Gasteiger partial charge is 0.145 e. The van der Waals surface area contributed by atoms with Crippen LogP contribution in [-0.4, -0.2) is 9.55 Å². The van der Waals surface area contributed by atoms with Crippen LogP contribution in [0.25, 0.3) is 126 Å². The molecule has 1 heterocycles. The lowest BCUT2D eigenvalue weighted by Crippen LogP contribution is -1.98. The Kier molecular flexibility index (Phi) is 6.76. The van der Waals surface area contributed by atoms with Gasteiger partial charge in [0, 0.05) is 22.0 Å². The molecule has 2 heteroatoms. The summed E-state index contributed by atoms with van der Waals surface area (Å²) in [6.07, 6.45) is 0. The Morgan fingerprint density at radius 2 is 0.831 bits per heavy atom. The fourth-order valence-corrected chi connectivity index (χ4v) is 10.0. The highest BCUT2D eigenvalue weighted by molar-refractivity contribution is 6.26. The maximum Gasteiger partial charge on any atom is 0.145 e. The molecule has 0 unspecified atom stereocenters. The largest absolute Gasteiger partial charge is 0.292 e. The Labute approximate surface area is 340 Å². The van der Waals surface area contributed by atoms with E-state index < -0.39 is 0 Å². The molecule has 12 aromatic carbocycles. The van der Waals surface area contributed by atoms with Gasteiger partial charge < -0.3 is 0 Å². The summed E-state index contributed by atoms with van der Waals surface area (Å²) >= 11 is 0. The Balaban J connectivity index is 1.02. The summed E-state index contributed by atoms with van der Waals surface area (Å²) in [6.45, 7) is 0. The zero-order chi connectivity index (χ0) is 38.6. The molecule has 0 aliphatic heterocycles. The van der Waals surface area contributed by atoms with Crippen molar-refractivity contribution in [2.24, 2.45) is 0 Å². The Morgan fingerprint density at radius 3 is 1.53 bits per heavy atom. The maximum atomic E-state index is 5.57. The molecular weight excluding hydrogens is 713 g/mol. The molecule has 13 aromatic rings. The van der Waals surface area contributed by atoms with Crippen LogP contribution in [0.4, 0.5) is 0 Å². The third-order valence-corrected chi connectivity index (χ3v) is 12.7. The number of aromatic nitrogens is 2. The minimum Gasteiger partial charge on any atom is -0.292 e. The fourth-order valence-electron chi connectivity index (χ4n) is 10.0. The van der Waals surface area contributed by atoms with Crippen LogP contribution < -0.4 is 0 Å². The standard InChI is InChI=1S/C57H34N2/c1-3-14-45-41(10-1)34-42-11-2-4-15-46(42)53(45)38-26-30-43(31-27-38)59-56-51-19-8-6-17-48(51)47-16-5-7-18-50(47)55(56)58-57(59)40-24-20-35(21-25-40)44-32-28-39-23-22-36-12-9-13-37-29-33-49(44)54(39)52(36)37/h1-34H. The van der Waals surface area contributed by atoms with Gasteiger partial charge in [-0.3, -0.25) is 4.57 Å². The monoisotopic (exact) mass is 746 g/mol. The third kappa shape index (κ3) is 4.72. The van der Waals surface area contributed by atoms with Crippen LogP contribution in [0.3, 0.4) is 0 Å². The Morgan fingerprint density at radius 1 is 0.322 bits per heavy atom. The topological polar surface area (TPSA) is 17.8 Å². The van der Waals surface area contributed by atoms with Crippen molar-refractivity contribution in [2.45, 2.75) is 0 Å². The molecule has 0 atom stereocenters. The molecule has 0 spiro atoms. The first-order valence-corrected chi connectivity index (χ1v) is 20.4. The molecule has 2 nitrogen and oxygen atoms in total. The summed E-state index contributed by atoms with van der Waals surface area (Å²) < 4.78 is 2.39. The summed E-state index contributed by atoms with van der Waals surface area (Å²) in [4.78, 5) is 5.57. The summed E-state index contributed by atoms with van der Waals surface area (Å²) in [7, 11) is 0. The van der Waals surface area contributed by atoms with Gasteiger partial charge in [0.05, 0.1) is 11.0 Å². The van der Waals surface area contributed by atoms with E-state index in [-0.39, 0.29) is 0 Å². The van der Waals surface area contributed by atoms with Crippen LogP contribution in [0.15, 0.2) is 206 Å². The van der Waals surface area contributed by atoms with Crippen LogP contribution in [0.5, 0.6) is 0 Å². The molecule has 0 amide bonds. The average Bonchev–Trinajstić information content (AvgIpc) is 3.71. The molecule has 0 aliphatic rings. The molecule has 272 valence electrons. The number of imidazole rings is 1. The number of fused-ring (bicyclic) bond motifs is 8. The van der Waals surface area contributed by atoms with Crippen LogP contribution in [0.1, 0.15) is 0 Å². The van der Waals surface area contributed by atoms with Crippen LogP contribution in [-0.2, 0) is 0 Å². The highest BCUT2D eigenvalue weighted by atomic mass is 15.1. The lowest BCUT2D eigenvalue weighted by Gasteiger charge is -2.16. The van der Waals surface area contributed by atoms with E-state index in [0.29, 0.717) is 0 Å². The molecule has 0 aliphatic carbocycles. The van der Waals surface area contributed by atoms with E-state index in [1.807, 2.05) is 0 Å². The molecule has 0 bridgehead atoms. The first kappa shape index (κ1) is 32.3. The van der Waals surface area contributed by atoms with Crippen molar-refractivity contribution < 1.29 is 0 Å². The lowest BCUT2D eigenvalue weighted by atomic mass is 9.90. The maximum absolute atomic E-state index is 5.57. The van der Waals surface area contributed by atoms with E-state index in [9.17, 15) is 0 Å². The van der Waals surface area contributed by atoms with E-state index in [4.69, 9.17) is 4.98 Å². The van der Waals surface area contributed by atoms with E-state index >= 15 is 0 Å². The van der Waals surface area contributed by atoms with Gasteiger partial charge in [-0.05, 0) is 105 Å². The zero-order valence-electron chi connectivity index (χ0n) is 32.0. The van der Waals surface area contributed by atoms with Gasteiger partial charge in [0.2, 0.25) is 0 Å². The molecule has 0 N–H and O–H groups in total. The summed E-state index contributed by atoms with van der Waals surface area (Å²) in [5.41, 5.74) is 9.16. The normalized spacial score (nSPS) is 12.1. The fraction of sp³-hybridized carbons (Fsp3) is 0.